The molecule has 1 atom stereocenters. The lowest BCUT2D eigenvalue weighted by Gasteiger charge is -2.49. The van der Waals surface area contributed by atoms with Crippen LogP contribution in [-0.2, 0) is 11.3 Å². The summed E-state index contributed by atoms with van der Waals surface area (Å²) in [5.41, 5.74) is -0.0329. The van der Waals surface area contributed by atoms with Gasteiger partial charge in [-0.05, 0) is 30.7 Å². The second kappa shape index (κ2) is 5.74. The largest absolute Gasteiger partial charge is 0.492 e. The molecule has 0 amide bonds. The van der Waals surface area contributed by atoms with Gasteiger partial charge >= 0.3 is 0 Å². The number of furan rings is 1. The highest BCUT2D eigenvalue weighted by Gasteiger charge is 2.53. The Kier molecular flexibility index (Phi) is 3.60. The molecule has 0 unspecified atom stereocenters. The van der Waals surface area contributed by atoms with Gasteiger partial charge in [-0.3, -0.25) is 9.88 Å². The van der Waals surface area contributed by atoms with Crippen LogP contribution in [0.5, 0.6) is 5.75 Å². The second-order valence-electron chi connectivity index (χ2n) is 6.12. The lowest BCUT2D eigenvalue weighted by molar-refractivity contribution is -0.142. The monoisotopic (exact) mass is 300 g/mol. The van der Waals surface area contributed by atoms with Gasteiger partial charge in [0.15, 0.2) is 0 Å². The van der Waals surface area contributed by atoms with Gasteiger partial charge in [-0.25, -0.2) is 0 Å². The molecule has 0 bridgehead atoms. The fraction of sp³-hybridized carbons (Fsp3) is 0.471. The molecule has 2 aliphatic rings. The minimum atomic E-state index is -0.0329. The van der Waals surface area contributed by atoms with Gasteiger partial charge in [-0.2, -0.15) is 0 Å². The van der Waals surface area contributed by atoms with Crippen LogP contribution >= 0.6 is 0 Å². The first-order chi connectivity index (χ1) is 10.8. The van der Waals surface area contributed by atoms with Crippen molar-refractivity contribution in [1.82, 2.24) is 9.88 Å². The normalized spacial score (nSPS) is 23.5. The Hall–Kier alpha value is -1.85. The Bertz CT molecular complexity index is 594. The molecule has 0 aromatic carbocycles. The van der Waals surface area contributed by atoms with Crippen LogP contribution in [0.25, 0.3) is 0 Å². The standard InChI is InChI=1S/C17H20N2O3/c1-3-15(9-18-6-1)21-11-14-5-8-22-17(14)12-19(13-17)10-16-4-2-7-20-16/h1-4,6-7,9,14H,5,8,10-13H2/t14-/m1/s1. The van der Waals surface area contributed by atoms with E-state index in [1.807, 2.05) is 24.3 Å². The van der Waals surface area contributed by atoms with Crippen LogP contribution in [-0.4, -0.2) is 41.8 Å². The summed E-state index contributed by atoms with van der Waals surface area (Å²) in [4.78, 5) is 6.44. The molecule has 5 heteroatoms. The van der Waals surface area contributed by atoms with Crippen molar-refractivity contribution in [1.29, 1.82) is 0 Å². The number of pyridine rings is 1. The summed E-state index contributed by atoms with van der Waals surface area (Å²) in [7, 11) is 0. The van der Waals surface area contributed by atoms with Crippen LogP contribution < -0.4 is 4.74 Å². The SMILES string of the molecule is c1cncc(OC[C@H]2CCOC23CN(Cc2ccco2)C3)c1. The van der Waals surface area contributed by atoms with Gasteiger partial charge in [0.2, 0.25) is 0 Å². The summed E-state index contributed by atoms with van der Waals surface area (Å²) in [6.07, 6.45) is 6.30. The Morgan fingerprint density at radius 3 is 3.05 bits per heavy atom. The van der Waals surface area contributed by atoms with Gasteiger partial charge in [-0.1, -0.05) is 0 Å². The molecule has 0 N–H and O–H groups in total. The predicted octanol–water partition coefficient (Wildman–Crippen LogP) is 2.34. The Balaban J connectivity index is 1.32. The van der Waals surface area contributed by atoms with Crippen LogP contribution in [0.1, 0.15) is 12.2 Å². The number of hydrogen-bond acceptors (Lipinski definition) is 5. The molecule has 2 aromatic rings. The van der Waals surface area contributed by atoms with Gasteiger partial charge in [-0.15, -0.1) is 0 Å². The minimum absolute atomic E-state index is 0.0329. The number of ether oxygens (including phenoxy) is 2. The third kappa shape index (κ3) is 2.62. The van der Waals surface area contributed by atoms with Crippen molar-refractivity contribution < 1.29 is 13.9 Å². The van der Waals surface area contributed by atoms with E-state index in [9.17, 15) is 0 Å². The van der Waals surface area contributed by atoms with Crippen molar-refractivity contribution in [2.75, 3.05) is 26.3 Å². The molecule has 2 aliphatic heterocycles. The maximum Gasteiger partial charge on any atom is 0.137 e. The van der Waals surface area contributed by atoms with Gasteiger partial charge in [0.1, 0.15) is 11.5 Å². The average molecular weight is 300 g/mol. The van der Waals surface area contributed by atoms with Crippen LogP contribution in [0.15, 0.2) is 47.3 Å². The molecule has 5 nitrogen and oxygen atoms in total. The van der Waals surface area contributed by atoms with E-state index >= 15 is 0 Å². The number of aromatic nitrogens is 1. The van der Waals surface area contributed by atoms with E-state index in [2.05, 4.69) is 9.88 Å². The Morgan fingerprint density at radius 2 is 2.27 bits per heavy atom. The van der Waals surface area contributed by atoms with Crippen molar-refractivity contribution in [3.05, 3.63) is 48.7 Å². The van der Waals surface area contributed by atoms with Crippen molar-refractivity contribution >= 4 is 0 Å². The number of nitrogens with zero attached hydrogens (tertiary/aromatic N) is 2. The summed E-state index contributed by atoms with van der Waals surface area (Å²) < 4.78 is 17.4. The summed E-state index contributed by atoms with van der Waals surface area (Å²) in [6.45, 7) is 4.29. The van der Waals surface area contributed by atoms with E-state index in [1.165, 1.54) is 0 Å². The summed E-state index contributed by atoms with van der Waals surface area (Å²) in [5, 5.41) is 0. The number of rotatable bonds is 5. The highest BCUT2D eigenvalue weighted by Crippen LogP contribution is 2.40. The first-order valence-corrected chi connectivity index (χ1v) is 7.76. The molecule has 2 aromatic heterocycles. The molecule has 0 radical (unpaired) electrons. The van der Waals surface area contributed by atoms with E-state index in [-0.39, 0.29) is 5.60 Å². The zero-order valence-corrected chi connectivity index (χ0v) is 12.5. The second-order valence-corrected chi connectivity index (χ2v) is 6.12. The predicted molar refractivity (Wildman–Crippen MR) is 80.5 cm³/mol. The highest BCUT2D eigenvalue weighted by atomic mass is 16.5. The average Bonchev–Trinajstić information content (AvgIpc) is 3.15. The Morgan fingerprint density at radius 1 is 1.32 bits per heavy atom. The quantitative estimate of drug-likeness (QED) is 0.848. The molecule has 2 fully saturated rings. The van der Waals surface area contributed by atoms with E-state index in [0.29, 0.717) is 12.5 Å². The molecule has 0 aliphatic carbocycles. The molecule has 0 saturated carbocycles. The summed E-state index contributed by atoms with van der Waals surface area (Å²) >= 11 is 0. The first-order valence-electron chi connectivity index (χ1n) is 7.76. The van der Waals surface area contributed by atoms with Crippen LogP contribution in [0.2, 0.25) is 0 Å². The third-order valence-electron chi connectivity index (χ3n) is 4.63. The van der Waals surface area contributed by atoms with E-state index in [4.69, 9.17) is 13.9 Å². The molecule has 116 valence electrons. The fourth-order valence-corrected chi connectivity index (χ4v) is 3.44. The van der Waals surface area contributed by atoms with Crippen LogP contribution in [0.3, 0.4) is 0 Å². The molecule has 4 heterocycles. The topological polar surface area (TPSA) is 47.7 Å². The molecule has 22 heavy (non-hydrogen) atoms. The lowest BCUT2D eigenvalue weighted by Crippen LogP contribution is -2.64. The maximum absolute atomic E-state index is 6.06. The molecule has 4 rings (SSSR count). The molecular weight excluding hydrogens is 280 g/mol. The minimum Gasteiger partial charge on any atom is -0.492 e. The van der Waals surface area contributed by atoms with Crippen molar-refractivity contribution in [3.8, 4) is 5.75 Å². The van der Waals surface area contributed by atoms with Crippen molar-refractivity contribution in [2.24, 2.45) is 5.92 Å². The highest BCUT2D eigenvalue weighted by molar-refractivity contribution is 5.16. The van der Waals surface area contributed by atoms with Gasteiger partial charge < -0.3 is 13.9 Å². The molecule has 1 spiro atoms. The number of hydrogen-bond donors (Lipinski definition) is 0. The third-order valence-corrected chi connectivity index (χ3v) is 4.63. The zero-order chi connectivity index (χ0) is 14.8. The van der Waals surface area contributed by atoms with E-state index < -0.39 is 0 Å². The summed E-state index contributed by atoms with van der Waals surface area (Å²) in [5.74, 6) is 2.29. The van der Waals surface area contributed by atoms with E-state index in [1.54, 1.807) is 18.7 Å². The fourth-order valence-electron chi connectivity index (χ4n) is 3.44. The van der Waals surface area contributed by atoms with E-state index in [0.717, 1.165) is 44.2 Å². The lowest BCUT2D eigenvalue weighted by atomic mass is 9.81. The molecular formula is C17H20N2O3. The van der Waals surface area contributed by atoms with Gasteiger partial charge in [0.25, 0.3) is 0 Å². The maximum atomic E-state index is 6.06. The zero-order valence-electron chi connectivity index (χ0n) is 12.5. The van der Waals surface area contributed by atoms with Gasteiger partial charge in [0.05, 0.1) is 31.2 Å². The molecule has 2 saturated heterocycles. The van der Waals surface area contributed by atoms with Gasteiger partial charge in [0, 0.05) is 31.8 Å². The van der Waals surface area contributed by atoms with Crippen molar-refractivity contribution in [3.63, 3.8) is 0 Å². The smallest absolute Gasteiger partial charge is 0.137 e. The first kappa shape index (κ1) is 13.8. The Labute approximate surface area is 129 Å². The number of likely N-dealkylation sites (tertiary alicyclic amines) is 1. The van der Waals surface area contributed by atoms with Crippen LogP contribution in [0, 0.1) is 5.92 Å². The van der Waals surface area contributed by atoms with Crippen LogP contribution in [0.4, 0.5) is 0 Å². The van der Waals surface area contributed by atoms with Crippen molar-refractivity contribution in [2.45, 2.75) is 18.6 Å². The summed E-state index contributed by atoms with van der Waals surface area (Å²) in [6, 6.07) is 7.79.